The van der Waals surface area contributed by atoms with E-state index in [1.807, 2.05) is 18.3 Å². The van der Waals surface area contributed by atoms with Crippen LogP contribution in [0.25, 0.3) is 22.1 Å². The van der Waals surface area contributed by atoms with Crippen molar-refractivity contribution in [2.75, 3.05) is 0 Å². The fourth-order valence-corrected chi connectivity index (χ4v) is 9.67. The Morgan fingerprint density at radius 3 is 1.62 bits per heavy atom. The summed E-state index contributed by atoms with van der Waals surface area (Å²) in [6.07, 6.45) is 1.83. The number of pyridine rings is 1. The van der Waals surface area contributed by atoms with Crippen LogP contribution in [0.5, 0.6) is 0 Å². The van der Waals surface area contributed by atoms with Crippen LogP contribution >= 0.6 is 0 Å². The lowest BCUT2D eigenvalue weighted by Crippen LogP contribution is -2.74. The third-order valence-corrected chi connectivity index (χ3v) is 11.1. The molecule has 0 radical (unpaired) electrons. The minimum Gasteiger partial charge on any atom is -0.454 e. The van der Waals surface area contributed by atoms with Gasteiger partial charge in [-0.2, -0.15) is 0 Å². The first-order valence-electron chi connectivity index (χ1n) is 10.8. The number of benzene rings is 4. The molecule has 6 aromatic rings. The highest BCUT2D eigenvalue weighted by molar-refractivity contribution is 7.20. The van der Waals surface area contributed by atoms with E-state index in [0.717, 1.165) is 22.1 Å². The molecule has 2 nitrogen and oxygen atoms in total. The largest absolute Gasteiger partial charge is 0.454 e. The molecule has 0 aliphatic carbocycles. The first kappa shape index (κ1) is 18.8. The summed E-state index contributed by atoms with van der Waals surface area (Å²) in [5, 5.41) is 6.47. The van der Waals surface area contributed by atoms with Crippen molar-refractivity contribution < 1.29 is 4.42 Å². The molecule has 152 valence electrons. The van der Waals surface area contributed by atoms with E-state index < -0.39 is 8.07 Å². The van der Waals surface area contributed by atoms with Crippen LogP contribution in [0, 0.1) is 0 Å². The molecule has 2 heterocycles. The van der Waals surface area contributed by atoms with E-state index in [0.29, 0.717) is 0 Å². The highest BCUT2D eigenvalue weighted by Gasteiger charge is 2.41. The highest BCUT2D eigenvalue weighted by Crippen LogP contribution is 2.26. The Morgan fingerprint density at radius 1 is 0.500 bits per heavy atom. The van der Waals surface area contributed by atoms with E-state index >= 15 is 0 Å². The van der Waals surface area contributed by atoms with Gasteiger partial charge in [-0.1, -0.05) is 97.1 Å². The van der Waals surface area contributed by atoms with Gasteiger partial charge < -0.3 is 4.42 Å². The monoisotopic (exact) mass is 427 g/mol. The van der Waals surface area contributed by atoms with Gasteiger partial charge >= 0.3 is 0 Å². The predicted octanol–water partition coefficient (Wildman–Crippen LogP) is 4.36. The number of aromatic nitrogens is 1. The number of hydrogen-bond donors (Lipinski definition) is 0. The maximum atomic E-state index is 6.09. The van der Waals surface area contributed by atoms with E-state index in [4.69, 9.17) is 4.42 Å². The second kappa shape index (κ2) is 7.63. The molecule has 4 aromatic carbocycles. The van der Waals surface area contributed by atoms with Crippen LogP contribution in [0.3, 0.4) is 0 Å². The maximum Gasteiger partial charge on any atom is 0.179 e. The quantitative estimate of drug-likeness (QED) is 0.309. The maximum absolute atomic E-state index is 6.09. The van der Waals surface area contributed by atoms with Crippen molar-refractivity contribution >= 4 is 50.9 Å². The van der Waals surface area contributed by atoms with Crippen molar-refractivity contribution in [3.8, 4) is 0 Å². The first-order valence-corrected chi connectivity index (χ1v) is 12.8. The molecular weight excluding hydrogens is 406 g/mol. The van der Waals surface area contributed by atoms with Gasteiger partial charge in [0.15, 0.2) is 13.7 Å². The van der Waals surface area contributed by atoms with Crippen molar-refractivity contribution in [3.63, 3.8) is 0 Å². The van der Waals surface area contributed by atoms with Gasteiger partial charge in [-0.3, -0.25) is 4.98 Å². The summed E-state index contributed by atoms with van der Waals surface area (Å²) in [6.45, 7) is 0. The molecule has 32 heavy (non-hydrogen) atoms. The van der Waals surface area contributed by atoms with Crippen LogP contribution in [-0.2, 0) is 0 Å². The Kier molecular flexibility index (Phi) is 4.48. The fourth-order valence-electron chi connectivity index (χ4n) is 4.90. The van der Waals surface area contributed by atoms with Crippen molar-refractivity contribution in [1.82, 2.24) is 4.98 Å². The average molecular weight is 428 g/mol. The highest BCUT2D eigenvalue weighted by atomic mass is 28.3. The lowest BCUT2D eigenvalue weighted by molar-refractivity contribution is 0.668. The molecule has 0 atom stereocenters. The van der Waals surface area contributed by atoms with Gasteiger partial charge in [0.25, 0.3) is 0 Å². The lowest BCUT2D eigenvalue weighted by Gasteiger charge is -2.34. The average Bonchev–Trinajstić information content (AvgIpc) is 3.25. The fraction of sp³-hybridized carbons (Fsp3) is 0. The summed E-state index contributed by atoms with van der Waals surface area (Å²) >= 11 is 0. The van der Waals surface area contributed by atoms with E-state index in [9.17, 15) is 0 Å². The van der Waals surface area contributed by atoms with Crippen LogP contribution in [0.1, 0.15) is 0 Å². The molecule has 0 aliphatic rings. The van der Waals surface area contributed by atoms with Gasteiger partial charge in [-0.15, -0.1) is 0 Å². The topological polar surface area (TPSA) is 26.0 Å². The molecule has 3 heteroatoms. The van der Waals surface area contributed by atoms with Gasteiger partial charge in [0.2, 0.25) is 0 Å². The minimum absolute atomic E-state index is 0.825. The van der Waals surface area contributed by atoms with Crippen molar-refractivity contribution in [3.05, 3.63) is 128 Å². The summed E-state index contributed by atoms with van der Waals surface area (Å²) in [4.78, 5) is 4.63. The van der Waals surface area contributed by atoms with Crippen LogP contribution in [0.4, 0.5) is 0 Å². The summed E-state index contributed by atoms with van der Waals surface area (Å²) in [7, 11) is -2.55. The van der Waals surface area contributed by atoms with Gasteiger partial charge in [0, 0.05) is 11.6 Å². The molecule has 6 rings (SSSR count). The smallest absolute Gasteiger partial charge is 0.179 e. The number of furan rings is 1. The molecular formula is C29H21NOSi. The number of rotatable bonds is 4. The van der Waals surface area contributed by atoms with Crippen LogP contribution in [0.15, 0.2) is 132 Å². The normalized spacial score (nSPS) is 11.8. The van der Waals surface area contributed by atoms with Crippen molar-refractivity contribution in [1.29, 1.82) is 0 Å². The molecule has 0 spiro atoms. The molecule has 0 N–H and O–H groups in total. The molecule has 0 unspecified atom stereocenters. The zero-order chi connectivity index (χ0) is 21.4. The molecule has 0 saturated carbocycles. The van der Waals surface area contributed by atoms with E-state index in [1.165, 1.54) is 20.7 Å². The van der Waals surface area contributed by atoms with E-state index in [-0.39, 0.29) is 0 Å². The second-order valence-corrected chi connectivity index (χ2v) is 11.8. The lowest BCUT2D eigenvalue weighted by atomic mass is 10.2. The third kappa shape index (κ3) is 2.83. The molecule has 2 aromatic heterocycles. The zero-order valence-corrected chi connectivity index (χ0v) is 18.5. The first-order chi connectivity index (χ1) is 15.9. The summed E-state index contributed by atoms with van der Waals surface area (Å²) in [5.41, 5.74) is 2.62. The Hall–Kier alpha value is -3.95. The molecule has 0 bridgehead atoms. The van der Waals surface area contributed by atoms with Crippen molar-refractivity contribution in [2.45, 2.75) is 0 Å². The Labute approximate surface area is 187 Å². The molecule has 0 saturated heterocycles. The minimum atomic E-state index is -2.55. The Morgan fingerprint density at radius 2 is 1.06 bits per heavy atom. The molecule has 0 aliphatic heterocycles. The van der Waals surface area contributed by atoms with E-state index in [1.54, 1.807) is 0 Å². The third-order valence-electron chi connectivity index (χ3n) is 6.28. The summed E-state index contributed by atoms with van der Waals surface area (Å²) in [5.74, 6) is 0. The zero-order valence-electron chi connectivity index (χ0n) is 17.5. The molecule has 0 fully saturated rings. The summed E-state index contributed by atoms with van der Waals surface area (Å²) in [6, 6.07) is 43.4. The number of hydrogen-bond acceptors (Lipinski definition) is 2. The standard InChI is InChI=1S/C29H21NOSi/c1-4-11-22(12-5-1)32(23-13-6-2-7-14-23,24-15-8-3-9-16-24)25-18-19-27-26(21-25)29-28(31-27)17-10-20-30-29/h1-21H. The van der Waals surface area contributed by atoms with E-state index in [2.05, 4.69) is 114 Å². The van der Waals surface area contributed by atoms with Gasteiger partial charge in [-0.05, 0) is 45.0 Å². The second-order valence-electron chi connectivity index (χ2n) is 8.01. The Balaban J connectivity index is 1.76. The summed E-state index contributed by atoms with van der Waals surface area (Å²) < 4.78 is 6.09. The van der Waals surface area contributed by atoms with Crippen LogP contribution < -0.4 is 20.7 Å². The Bertz CT molecular complexity index is 1410. The van der Waals surface area contributed by atoms with Crippen LogP contribution in [-0.4, -0.2) is 13.1 Å². The van der Waals surface area contributed by atoms with Gasteiger partial charge in [-0.25, -0.2) is 0 Å². The SMILES string of the molecule is c1ccc([Si](c2ccccc2)(c2ccccc2)c2ccc3oc4cccnc4c3c2)cc1. The number of fused-ring (bicyclic) bond motifs is 3. The van der Waals surface area contributed by atoms with Crippen LogP contribution in [0.2, 0.25) is 0 Å². The molecule has 0 amide bonds. The number of nitrogens with zero attached hydrogens (tertiary/aromatic N) is 1. The van der Waals surface area contributed by atoms with Gasteiger partial charge in [0.05, 0.1) is 0 Å². The van der Waals surface area contributed by atoms with Crippen molar-refractivity contribution in [2.24, 2.45) is 0 Å². The van der Waals surface area contributed by atoms with Gasteiger partial charge in [0.1, 0.15) is 11.1 Å². The predicted molar refractivity (Wildman–Crippen MR) is 135 cm³/mol.